The van der Waals surface area contributed by atoms with Crippen molar-refractivity contribution in [3.05, 3.63) is 12.2 Å². The molecule has 1 nitrogen and oxygen atoms in total. The van der Waals surface area contributed by atoms with Crippen molar-refractivity contribution in [3.8, 4) is 0 Å². The molecule has 0 aromatic rings. The molecule has 0 heterocycles. The molecule has 0 aromatic carbocycles. The minimum atomic E-state index is 0.140. The second-order valence-corrected chi connectivity index (χ2v) is 4.64. The van der Waals surface area contributed by atoms with Crippen LogP contribution in [0.2, 0.25) is 0 Å². The summed E-state index contributed by atoms with van der Waals surface area (Å²) in [5.74, 6) is 0.952. The lowest BCUT2D eigenvalue weighted by atomic mass is 9.66. The molecule has 0 spiro atoms. The third-order valence-corrected chi connectivity index (χ3v) is 2.90. The highest BCUT2D eigenvalue weighted by atomic mass is 16.1. The van der Waals surface area contributed by atoms with E-state index in [4.69, 9.17) is 0 Å². The smallest absolute Gasteiger partial charge is 0.133 e. The topological polar surface area (TPSA) is 17.1 Å². The van der Waals surface area contributed by atoms with E-state index in [9.17, 15) is 4.79 Å². The van der Waals surface area contributed by atoms with Gasteiger partial charge >= 0.3 is 0 Å². The van der Waals surface area contributed by atoms with Crippen LogP contribution in [0.5, 0.6) is 0 Å². The first-order valence-corrected chi connectivity index (χ1v) is 4.60. The Morgan fingerprint density at radius 3 is 2.58 bits per heavy atom. The molecule has 0 amide bonds. The van der Waals surface area contributed by atoms with Crippen LogP contribution in [-0.2, 0) is 4.79 Å². The highest BCUT2D eigenvalue weighted by Gasteiger charge is 2.35. The molecule has 0 N–H and O–H groups in total. The maximum atomic E-state index is 11.2. The standard InChI is InChI=1S/C11H18O/c1-8(2)10-6-5-9(12)7-11(10,3)4/h10H,1,5-7H2,2-4H3/t10-/m0/s1. The maximum absolute atomic E-state index is 11.2. The van der Waals surface area contributed by atoms with Crippen LogP contribution in [0.4, 0.5) is 0 Å². The van der Waals surface area contributed by atoms with Crippen LogP contribution in [0.15, 0.2) is 12.2 Å². The van der Waals surface area contributed by atoms with Gasteiger partial charge in [-0.15, -0.1) is 0 Å². The van der Waals surface area contributed by atoms with Gasteiger partial charge in [0.15, 0.2) is 0 Å². The maximum Gasteiger partial charge on any atom is 0.133 e. The lowest BCUT2D eigenvalue weighted by molar-refractivity contribution is -0.124. The summed E-state index contributed by atoms with van der Waals surface area (Å²) in [7, 11) is 0. The van der Waals surface area contributed by atoms with Gasteiger partial charge in [-0.05, 0) is 24.7 Å². The molecule has 1 aliphatic rings. The highest BCUT2D eigenvalue weighted by Crippen LogP contribution is 2.42. The Morgan fingerprint density at radius 2 is 2.17 bits per heavy atom. The molecule has 1 rings (SSSR count). The van der Waals surface area contributed by atoms with Gasteiger partial charge in [-0.2, -0.15) is 0 Å². The average molecular weight is 166 g/mol. The predicted molar refractivity (Wildman–Crippen MR) is 50.9 cm³/mol. The first-order chi connectivity index (χ1) is 5.43. The zero-order chi connectivity index (χ0) is 9.35. The van der Waals surface area contributed by atoms with Gasteiger partial charge in [-0.1, -0.05) is 26.0 Å². The Hall–Kier alpha value is -0.590. The molecule has 1 heteroatoms. The average Bonchev–Trinajstić information content (AvgIpc) is 1.82. The third kappa shape index (κ3) is 1.77. The van der Waals surface area contributed by atoms with E-state index < -0.39 is 0 Å². The van der Waals surface area contributed by atoms with Crippen molar-refractivity contribution >= 4 is 5.78 Å². The van der Waals surface area contributed by atoms with Gasteiger partial charge in [0.25, 0.3) is 0 Å². The summed E-state index contributed by atoms with van der Waals surface area (Å²) in [6.45, 7) is 10.4. The molecule has 0 radical (unpaired) electrons. The zero-order valence-electron chi connectivity index (χ0n) is 8.31. The van der Waals surface area contributed by atoms with Gasteiger partial charge in [-0.25, -0.2) is 0 Å². The van der Waals surface area contributed by atoms with Crippen molar-refractivity contribution < 1.29 is 4.79 Å². The molecule has 12 heavy (non-hydrogen) atoms. The van der Waals surface area contributed by atoms with E-state index in [1.807, 2.05) is 0 Å². The van der Waals surface area contributed by atoms with Gasteiger partial charge in [-0.3, -0.25) is 4.79 Å². The van der Waals surface area contributed by atoms with Crippen LogP contribution >= 0.6 is 0 Å². The van der Waals surface area contributed by atoms with E-state index in [1.165, 1.54) is 5.57 Å². The fourth-order valence-corrected chi connectivity index (χ4v) is 2.33. The Bertz CT molecular complexity index is 213. The SMILES string of the molecule is C=C(C)[C@@H]1CCC(=O)CC1(C)C. The normalized spacial score (nSPS) is 28.6. The first-order valence-electron chi connectivity index (χ1n) is 4.60. The van der Waals surface area contributed by atoms with E-state index in [-0.39, 0.29) is 5.41 Å². The largest absolute Gasteiger partial charge is 0.300 e. The molecule has 0 saturated heterocycles. The summed E-state index contributed by atoms with van der Waals surface area (Å²) in [5, 5.41) is 0. The van der Waals surface area contributed by atoms with Crippen molar-refractivity contribution in [2.75, 3.05) is 0 Å². The molecule has 1 aliphatic carbocycles. The first kappa shape index (κ1) is 9.50. The van der Waals surface area contributed by atoms with Gasteiger partial charge in [0.05, 0.1) is 0 Å². The van der Waals surface area contributed by atoms with Crippen LogP contribution in [0.25, 0.3) is 0 Å². The summed E-state index contributed by atoms with van der Waals surface area (Å²) < 4.78 is 0. The molecule has 68 valence electrons. The number of ketones is 1. The van der Waals surface area contributed by atoms with E-state index in [0.717, 1.165) is 19.3 Å². The molecule has 0 aromatic heterocycles. The number of carbonyl (C=O) groups excluding carboxylic acids is 1. The number of hydrogen-bond acceptors (Lipinski definition) is 1. The second kappa shape index (κ2) is 3.04. The number of rotatable bonds is 1. The summed E-state index contributed by atoms with van der Waals surface area (Å²) in [6.07, 6.45) is 2.48. The quantitative estimate of drug-likeness (QED) is 0.547. The van der Waals surface area contributed by atoms with Crippen LogP contribution in [0, 0.1) is 11.3 Å². The number of Topliss-reactive ketones (excluding diaryl/α,β-unsaturated/α-hetero) is 1. The van der Waals surface area contributed by atoms with Crippen molar-refractivity contribution in [2.45, 2.75) is 40.0 Å². The van der Waals surface area contributed by atoms with E-state index in [1.54, 1.807) is 0 Å². The predicted octanol–water partition coefficient (Wildman–Crippen LogP) is 2.96. The van der Waals surface area contributed by atoms with Crippen molar-refractivity contribution in [1.82, 2.24) is 0 Å². The minimum absolute atomic E-state index is 0.140. The molecule has 1 saturated carbocycles. The fourth-order valence-electron chi connectivity index (χ4n) is 2.33. The van der Waals surface area contributed by atoms with Gasteiger partial charge in [0, 0.05) is 12.8 Å². The van der Waals surface area contributed by atoms with Gasteiger partial charge in [0.1, 0.15) is 5.78 Å². The third-order valence-electron chi connectivity index (χ3n) is 2.90. The minimum Gasteiger partial charge on any atom is -0.300 e. The van der Waals surface area contributed by atoms with E-state index in [2.05, 4.69) is 27.4 Å². The molecule has 1 fully saturated rings. The summed E-state index contributed by atoms with van der Waals surface area (Å²) in [6, 6.07) is 0. The van der Waals surface area contributed by atoms with Gasteiger partial charge < -0.3 is 0 Å². The van der Waals surface area contributed by atoms with Crippen LogP contribution in [0.1, 0.15) is 40.0 Å². The molecular formula is C11H18O. The summed E-state index contributed by atoms with van der Waals surface area (Å²) in [4.78, 5) is 11.2. The molecule has 0 aliphatic heterocycles. The lowest BCUT2D eigenvalue weighted by Gasteiger charge is -2.38. The summed E-state index contributed by atoms with van der Waals surface area (Å²) in [5.41, 5.74) is 1.37. The van der Waals surface area contributed by atoms with Crippen LogP contribution in [-0.4, -0.2) is 5.78 Å². The van der Waals surface area contributed by atoms with E-state index >= 15 is 0 Å². The number of allylic oxidation sites excluding steroid dienone is 1. The molecule has 0 bridgehead atoms. The zero-order valence-corrected chi connectivity index (χ0v) is 8.31. The molecular weight excluding hydrogens is 148 g/mol. The fraction of sp³-hybridized carbons (Fsp3) is 0.727. The Kier molecular flexibility index (Phi) is 2.41. The van der Waals surface area contributed by atoms with Gasteiger partial charge in [0.2, 0.25) is 0 Å². The Labute approximate surface area is 74.9 Å². The van der Waals surface area contributed by atoms with E-state index in [0.29, 0.717) is 11.7 Å². The lowest BCUT2D eigenvalue weighted by Crippen LogP contribution is -2.32. The summed E-state index contributed by atoms with van der Waals surface area (Å²) >= 11 is 0. The van der Waals surface area contributed by atoms with Crippen molar-refractivity contribution in [2.24, 2.45) is 11.3 Å². The number of hydrogen-bond donors (Lipinski definition) is 0. The highest BCUT2D eigenvalue weighted by molar-refractivity contribution is 5.80. The van der Waals surface area contributed by atoms with Crippen LogP contribution in [0.3, 0.4) is 0 Å². The van der Waals surface area contributed by atoms with Crippen LogP contribution < -0.4 is 0 Å². The second-order valence-electron chi connectivity index (χ2n) is 4.64. The molecule has 0 unspecified atom stereocenters. The van der Waals surface area contributed by atoms with Crippen molar-refractivity contribution in [1.29, 1.82) is 0 Å². The molecule has 1 atom stereocenters. The number of carbonyl (C=O) groups is 1. The van der Waals surface area contributed by atoms with Crippen molar-refractivity contribution in [3.63, 3.8) is 0 Å². The Morgan fingerprint density at radius 1 is 1.58 bits per heavy atom. The monoisotopic (exact) mass is 166 g/mol. The Balaban J connectivity index is 2.77.